The third-order valence-electron chi connectivity index (χ3n) is 3.84. The summed E-state index contributed by atoms with van der Waals surface area (Å²) in [4.78, 5) is 18.5. The first-order chi connectivity index (χ1) is 11.8. The van der Waals surface area contributed by atoms with Gasteiger partial charge < -0.3 is 9.64 Å². The van der Waals surface area contributed by atoms with E-state index in [-0.39, 0.29) is 6.09 Å². The first-order valence-corrected chi connectivity index (χ1v) is 9.36. The predicted molar refractivity (Wildman–Crippen MR) is 111 cm³/mol. The van der Waals surface area contributed by atoms with Crippen molar-refractivity contribution >= 4 is 11.8 Å². The molecule has 0 aromatic rings. The number of ether oxygens (including phenoxy) is 1. The monoisotopic (exact) mass is 352 g/mol. The molecular weight excluding hydrogens is 312 g/mol. The van der Waals surface area contributed by atoms with E-state index in [0.717, 1.165) is 32.4 Å². The van der Waals surface area contributed by atoms with Crippen LogP contribution in [0.25, 0.3) is 0 Å². The van der Waals surface area contributed by atoms with E-state index in [0.29, 0.717) is 5.92 Å². The average Bonchev–Trinajstić information content (AvgIpc) is 2.84. The summed E-state index contributed by atoms with van der Waals surface area (Å²) in [6.45, 7) is 21.4. The van der Waals surface area contributed by atoms with Gasteiger partial charge in [-0.1, -0.05) is 19.9 Å². The highest BCUT2D eigenvalue weighted by Gasteiger charge is 2.27. The Kier molecular flexibility index (Phi) is 14.0. The minimum Gasteiger partial charge on any atom is -0.444 e. The van der Waals surface area contributed by atoms with E-state index in [1.165, 1.54) is 11.3 Å². The number of carbonyl (C=O) groups is 1. The molecule has 0 spiro atoms. The molecule has 0 bridgehead atoms. The lowest BCUT2D eigenvalue weighted by molar-refractivity contribution is 0.0256. The van der Waals surface area contributed by atoms with Crippen LogP contribution in [0.4, 0.5) is 4.79 Å². The van der Waals surface area contributed by atoms with Crippen molar-refractivity contribution in [3.05, 3.63) is 24.8 Å². The van der Waals surface area contributed by atoms with Crippen molar-refractivity contribution in [3.8, 4) is 0 Å². The molecule has 25 heavy (non-hydrogen) atoms. The third-order valence-corrected chi connectivity index (χ3v) is 3.84. The Bertz CT molecular complexity index is 434. The molecule has 4 nitrogen and oxygen atoms in total. The molecule has 1 heterocycles. The lowest BCUT2D eigenvalue weighted by Gasteiger charge is -2.26. The number of allylic oxidation sites excluding steroid dienone is 2. The van der Waals surface area contributed by atoms with Crippen LogP contribution in [0.5, 0.6) is 0 Å². The van der Waals surface area contributed by atoms with Crippen molar-refractivity contribution in [1.29, 1.82) is 0 Å². The van der Waals surface area contributed by atoms with Gasteiger partial charge >= 0.3 is 6.09 Å². The first kappa shape index (κ1) is 25.7. The van der Waals surface area contributed by atoms with E-state index < -0.39 is 5.60 Å². The molecule has 0 aromatic carbocycles. The van der Waals surface area contributed by atoms with Crippen LogP contribution < -0.4 is 0 Å². The lowest BCUT2D eigenvalue weighted by atomic mass is 9.90. The highest BCUT2D eigenvalue weighted by atomic mass is 16.6. The second-order valence-electron chi connectivity index (χ2n) is 6.68. The Morgan fingerprint density at radius 2 is 1.76 bits per heavy atom. The van der Waals surface area contributed by atoms with Crippen molar-refractivity contribution < 1.29 is 9.53 Å². The summed E-state index contributed by atoms with van der Waals surface area (Å²) < 4.78 is 5.47. The van der Waals surface area contributed by atoms with Crippen molar-refractivity contribution in [3.63, 3.8) is 0 Å². The van der Waals surface area contributed by atoms with Gasteiger partial charge in [0, 0.05) is 31.8 Å². The smallest absolute Gasteiger partial charge is 0.410 e. The number of amides is 1. The summed E-state index contributed by atoms with van der Waals surface area (Å²) in [5, 5.41) is 0. The van der Waals surface area contributed by atoms with E-state index in [1.54, 1.807) is 0 Å². The zero-order valence-electron chi connectivity index (χ0n) is 17.8. The Morgan fingerprint density at radius 1 is 1.20 bits per heavy atom. The van der Waals surface area contributed by atoms with Gasteiger partial charge in [-0.05, 0) is 59.5 Å². The Morgan fingerprint density at radius 3 is 2.20 bits per heavy atom. The van der Waals surface area contributed by atoms with Gasteiger partial charge in [0.2, 0.25) is 0 Å². The van der Waals surface area contributed by atoms with E-state index >= 15 is 0 Å². The van der Waals surface area contributed by atoms with Crippen LogP contribution in [0, 0.1) is 5.92 Å². The fourth-order valence-electron chi connectivity index (χ4n) is 2.71. The maximum Gasteiger partial charge on any atom is 0.410 e. The van der Waals surface area contributed by atoms with Crippen LogP contribution in [0.15, 0.2) is 29.8 Å². The highest BCUT2D eigenvalue weighted by molar-refractivity contribution is 6.01. The molecule has 1 rings (SSSR count). The molecule has 0 aliphatic carbocycles. The standard InChI is InChI=1S/C17H30N2O2.C2H6.C2H4/c1-7-13(2)15(18-6)14-9-8-11-19(12-10-14)16(20)21-17(3,4)5;2*1-2/h7,14H,8-12H2,1-6H3;1-2H3;1-2H2/b13-7+,18-15?;;. The lowest BCUT2D eigenvalue weighted by Crippen LogP contribution is -2.37. The molecule has 1 saturated heterocycles. The second-order valence-corrected chi connectivity index (χ2v) is 6.68. The van der Waals surface area contributed by atoms with Crippen molar-refractivity contribution in [2.45, 2.75) is 73.3 Å². The maximum absolute atomic E-state index is 12.2. The van der Waals surface area contributed by atoms with E-state index in [1.807, 2.05) is 53.5 Å². The molecule has 0 saturated carbocycles. The number of likely N-dealkylation sites (tertiary alicyclic amines) is 1. The first-order valence-electron chi connectivity index (χ1n) is 9.36. The van der Waals surface area contributed by atoms with Crippen LogP contribution in [-0.2, 0) is 4.74 Å². The number of hydrogen-bond acceptors (Lipinski definition) is 3. The van der Waals surface area contributed by atoms with Crippen molar-refractivity contribution in [1.82, 2.24) is 4.90 Å². The van der Waals surface area contributed by atoms with Gasteiger partial charge in [0.05, 0.1) is 0 Å². The fraction of sp³-hybridized carbons (Fsp3) is 0.714. The fourth-order valence-corrected chi connectivity index (χ4v) is 2.71. The molecule has 0 radical (unpaired) electrons. The molecule has 1 aliphatic rings. The topological polar surface area (TPSA) is 41.9 Å². The molecule has 0 N–H and O–H groups in total. The minimum atomic E-state index is -0.430. The maximum atomic E-state index is 12.2. The van der Waals surface area contributed by atoms with Gasteiger partial charge in [-0.3, -0.25) is 4.99 Å². The molecule has 4 heteroatoms. The van der Waals surface area contributed by atoms with Crippen LogP contribution >= 0.6 is 0 Å². The zero-order valence-corrected chi connectivity index (χ0v) is 17.8. The Labute approximate surface area is 156 Å². The SMILES string of the molecule is C/C=C(\C)C(=NC)C1CCCN(C(=O)OC(C)(C)C)CC1.C=C.CC. The number of nitrogens with zero attached hydrogens (tertiary/aromatic N) is 2. The molecular formula is C21H40N2O2. The number of hydrogen-bond donors (Lipinski definition) is 0. The second kappa shape index (κ2) is 13.7. The molecule has 1 atom stereocenters. The summed E-state index contributed by atoms with van der Waals surface area (Å²) in [5.74, 6) is 0.443. The Hall–Kier alpha value is -1.58. The van der Waals surface area contributed by atoms with Gasteiger partial charge in [0.25, 0.3) is 0 Å². The quantitative estimate of drug-likeness (QED) is 0.459. The molecule has 1 aliphatic heterocycles. The van der Waals surface area contributed by atoms with E-state index in [4.69, 9.17) is 4.74 Å². The van der Waals surface area contributed by atoms with Gasteiger partial charge in [-0.15, -0.1) is 13.2 Å². The average molecular weight is 353 g/mol. The summed E-state index contributed by atoms with van der Waals surface area (Å²) in [7, 11) is 1.86. The predicted octanol–water partition coefficient (Wildman–Crippen LogP) is 5.89. The zero-order chi connectivity index (χ0) is 20.0. The van der Waals surface area contributed by atoms with Gasteiger partial charge in [0.1, 0.15) is 5.60 Å². The van der Waals surface area contributed by atoms with Crippen LogP contribution in [-0.4, -0.2) is 42.4 Å². The van der Waals surface area contributed by atoms with E-state index in [2.05, 4.69) is 31.2 Å². The van der Waals surface area contributed by atoms with Crippen LogP contribution in [0.1, 0.15) is 67.7 Å². The molecule has 146 valence electrons. The van der Waals surface area contributed by atoms with Crippen LogP contribution in [0.2, 0.25) is 0 Å². The molecule has 1 amide bonds. The number of aliphatic imine (C=N–C) groups is 1. The largest absolute Gasteiger partial charge is 0.444 e. The summed E-state index contributed by atoms with van der Waals surface area (Å²) in [6.07, 6.45) is 4.95. The minimum absolute atomic E-state index is 0.194. The van der Waals surface area contributed by atoms with Crippen LogP contribution in [0.3, 0.4) is 0 Å². The molecule has 0 aromatic heterocycles. The third kappa shape index (κ3) is 10.1. The highest BCUT2D eigenvalue weighted by Crippen LogP contribution is 2.23. The van der Waals surface area contributed by atoms with Crippen molar-refractivity contribution in [2.24, 2.45) is 10.9 Å². The van der Waals surface area contributed by atoms with E-state index in [9.17, 15) is 4.79 Å². The normalized spacial score (nSPS) is 18.9. The molecule has 1 unspecified atom stereocenters. The van der Waals surface area contributed by atoms with Gasteiger partial charge in [0.15, 0.2) is 0 Å². The summed E-state index contributed by atoms with van der Waals surface area (Å²) in [6, 6.07) is 0. The van der Waals surface area contributed by atoms with Gasteiger partial charge in [-0.25, -0.2) is 4.79 Å². The number of rotatable bonds is 2. The summed E-state index contributed by atoms with van der Waals surface area (Å²) in [5.41, 5.74) is 2.00. The van der Waals surface area contributed by atoms with Crippen molar-refractivity contribution in [2.75, 3.05) is 20.1 Å². The summed E-state index contributed by atoms with van der Waals surface area (Å²) >= 11 is 0. The van der Waals surface area contributed by atoms with Gasteiger partial charge in [-0.2, -0.15) is 0 Å². The molecule has 1 fully saturated rings. The Balaban J connectivity index is 0. The number of carbonyl (C=O) groups excluding carboxylic acids is 1.